The summed E-state index contributed by atoms with van der Waals surface area (Å²) >= 11 is 2.87. The molecule has 0 radical (unpaired) electrons. The fraction of sp³-hybridized carbons (Fsp3) is 0.0833. The van der Waals surface area contributed by atoms with Gasteiger partial charge in [-0.15, -0.1) is 22.7 Å². The predicted octanol–water partition coefficient (Wildman–Crippen LogP) is 5.49. The highest BCUT2D eigenvalue weighted by Gasteiger charge is 2.22. The summed E-state index contributed by atoms with van der Waals surface area (Å²) in [5.41, 5.74) is 1.91. The number of amides is 1. The molecule has 3 nitrogen and oxygen atoms in total. The van der Waals surface area contributed by atoms with E-state index in [4.69, 9.17) is 0 Å². The van der Waals surface area contributed by atoms with E-state index in [1.165, 1.54) is 22.7 Å². The zero-order valence-electron chi connectivity index (χ0n) is 15.6. The summed E-state index contributed by atoms with van der Waals surface area (Å²) in [7, 11) is 0. The number of thiophene rings is 2. The molecule has 0 spiro atoms. The molecule has 144 valence electrons. The van der Waals surface area contributed by atoms with Crippen LogP contribution in [-0.4, -0.2) is 11.7 Å². The van der Waals surface area contributed by atoms with Crippen molar-refractivity contribution in [1.29, 1.82) is 0 Å². The topological polar surface area (TPSA) is 46.2 Å². The first-order chi connectivity index (χ1) is 14.2. The lowest BCUT2D eigenvalue weighted by molar-refractivity contribution is -0.121. The highest BCUT2D eigenvalue weighted by Crippen LogP contribution is 2.26. The molecule has 0 unspecified atom stereocenters. The third kappa shape index (κ3) is 4.53. The van der Waals surface area contributed by atoms with Gasteiger partial charge in [0.25, 0.3) is 0 Å². The molecule has 0 aliphatic rings. The van der Waals surface area contributed by atoms with Crippen LogP contribution in [-0.2, 0) is 11.3 Å². The lowest BCUT2D eigenvalue weighted by atomic mass is 9.90. The number of nitrogens with one attached hydrogen (secondary N) is 1. The van der Waals surface area contributed by atoms with Gasteiger partial charge in [-0.1, -0.05) is 66.7 Å². The maximum atomic E-state index is 13.1. The van der Waals surface area contributed by atoms with Crippen LogP contribution in [0.2, 0.25) is 0 Å². The van der Waals surface area contributed by atoms with Crippen molar-refractivity contribution < 1.29 is 9.59 Å². The van der Waals surface area contributed by atoms with Gasteiger partial charge in [-0.2, -0.15) is 0 Å². The highest BCUT2D eigenvalue weighted by atomic mass is 32.1. The number of ketones is 1. The third-order valence-electron chi connectivity index (χ3n) is 4.60. The standard InChI is InChI=1S/C24H19NO2S2/c26-23(20-12-7-15-28-20)21-14-13-19(29-21)16-25-24(27)22(17-8-3-1-4-9-17)18-10-5-2-6-11-18/h1-15,22H,16H2,(H,25,27). The van der Waals surface area contributed by atoms with Gasteiger partial charge in [-0.25, -0.2) is 0 Å². The largest absolute Gasteiger partial charge is 0.350 e. The van der Waals surface area contributed by atoms with E-state index < -0.39 is 0 Å². The molecule has 0 bridgehead atoms. The van der Waals surface area contributed by atoms with Crippen molar-refractivity contribution in [1.82, 2.24) is 5.32 Å². The van der Waals surface area contributed by atoms with E-state index in [0.29, 0.717) is 11.4 Å². The van der Waals surface area contributed by atoms with E-state index in [1.54, 1.807) is 0 Å². The predicted molar refractivity (Wildman–Crippen MR) is 119 cm³/mol. The van der Waals surface area contributed by atoms with E-state index in [2.05, 4.69) is 5.32 Å². The average molecular weight is 418 g/mol. The number of hydrogen-bond donors (Lipinski definition) is 1. The monoisotopic (exact) mass is 417 g/mol. The molecule has 0 aliphatic heterocycles. The number of benzene rings is 2. The Morgan fingerprint density at radius 1 is 0.759 bits per heavy atom. The summed E-state index contributed by atoms with van der Waals surface area (Å²) in [6, 6.07) is 27.0. The maximum Gasteiger partial charge on any atom is 0.232 e. The molecule has 4 rings (SSSR count). The fourth-order valence-corrected chi connectivity index (χ4v) is 4.83. The van der Waals surface area contributed by atoms with Gasteiger partial charge in [0, 0.05) is 4.88 Å². The second-order valence-electron chi connectivity index (χ2n) is 6.54. The molecule has 5 heteroatoms. The van der Waals surface area contributed by atoms with E-state index in [9.17, 15) is 9.59 Å². The SMILES string of the molecule is O=C(c1cccs1)c1ccc(CNC(=O)C(c2ccccc2)c2ccccc2)s1. The molecule has 29 heavy (non-hydrogen) atoms. The zero-order valence-corrected chi connectivity index (χ0v) is 17.2. The molecule has 0 fully saturated rings. The summed E-state index contributed by atoms with van der Waals surface area (Å²) in [6.07, 6.45) is 0. The van der Waals surface area contributed by atoms with Gasteiger partial charge in [0.15, 0.2) is 0 Å². The van der Waals surface area contributed by atoms with Crippen LogP contribution in [0.3, 0.4) is 0 Å². The molecule has 0 saturated carbocycles. The van der Waals surface area contributed by atoms with Crippen molar-refractivity contribution in [3.63, 3.8) is 0 Å². The molecule has 0 aliphatic carbocycles. The Morgan fingerprint density at radius 3 is 2.00 bits per heavy atom. The van der Waals surface area contributed by atoms with Gasteiger partial charge in [0.05, 0.1) is 22.2 Å². The smallest absolute Gasteiger partial charge is 0.232 e. The normalized spacial score (nSPS) is 10.8. The molecule has 1 N–H and O–H groups in total. The van der Waals surface area contributed by atoms with Crippen molar-refractivity contribution in [3.8, 4) is 0 Å². The van der Waals surface area contributed by atoms with E-state index in [0.717, 1.165) is 20.9 Å². The number of carbonyl (C=O) groups excluding carboxylic acids is 2. The van der Waals surface area contributed by atoms with E-state index >= 15 is 0 Å². The molecule has 1 amide bonds. The van der Waals surface area contributed by atoms with Crippen molar-refractivity contribution in [3.05, 3.63) is 116 Å². The minimum Gasteiger partial charge on any atom is -0.350 e. The van der Waals surface area contributed by atoms with Crippen LogP contribution < -0.4 is 5.32 Å². The zero-order chi connectivity index (χ0) is 20.1. The highest BCUT2D eigenvalue weighted by molar-refractivity contribution is 7.16. The van der Waals surface area contributed by atoms with Crippen molar-refractivity contribution in [2.45, 2.75) is 12.5 Å². The van der Waals surface area contributed by atoms with Crippen molar-refractivity contribution >= 4 is 34.4 Å². The Bertz CT molecular complexity index is 1050. The summed E-state index contributed by atoms with van der Waals surface area (Å²) in [5.74, 6) is -0.388. The summed E-state index contributed by atoms with van der Waals surface area (Å²) in [5, 5.41) is 4.94. The van der Waals surface area contributed by atoms with Gasteiger partial charge in [0.2, 0.25) is 11.7 Å². The van der Waals surface area contributed by atoms with Crippen LogP contribution in [0.15, 0.2) is 90.3 Å². The Labute approximate surface area is 177 Å². The second-order valence-corrected chi connectivity index (χ2v) is 8.66. The summed E-state index contributed by atoms with van der Waals surface area (Å²) in [4.78, 5) is 27.9. The number of rotatable bonds is 7. The van der Waals surface area contributed by atoms with Gasteiger partial charge in [-0.3, -0.25) is 9.59 Å². The second kappa shape index (κ2) is 8.99. The average Bonchev–Trinajstić information content (AvgIpc) is 3.46. The Hall–Kier alpha value is -3.02. The molecular weight excluding hydrogens is 398 g/mol. The van der Waals surface area contributed by atoms with Gasteiger partial charge >= 0.3 is 0 Å². The van der Waals surface area contributed by atoms with Crippen LogP contribution in [0.25, 0.3) is 0 Å². The van der Waals surface area contributed by atoms with Crippen LogP contribution in [0.5, 0.6) is 0 Å². The minimum atomic E-state index is -0.371. The van der Waals surface area contributed by atoms with Crippen LogP contribution in [0, 0.1) is 0 Å². The minimum absolute atomic E-state index is 0.0361. The number of carbonyl (C=O) groups is 2. The van der Waals surface area contributed by atoms with E-state index in [1.807, 2.05) is 90.3 Å². The molecule has 2 aromatic carbocycles. The molecule has 2 heterocycles. The van der Waals surface area contributed by atoms with Gasteiger partial charge in [0.1, 0.15) is 0 Å². The molecule has 2 aromatic heterocycles. The lowest BCUT2D eigenvalue weighted by Crippen LogP contribution is -2.29. The van der Waals surface area contributed by atoms with Crippen LogP contribution in [0.1, 0.15) is 36.5 Å². The summed E-state index contributed by atoms with van der Waals surface area (Å²) < 4.78 is 0. The molecule has 0 saturated heterocycles. The van der Waals surface area contributed by atoms with Gasteiger partial charge in [-0.05, 0) is 34.7 Å². The summed E-state index contributed by atoms with van der Waals surface area (Å²) in [6.45, 7) is 0.400. The van der Waals surface area contributed by atoms with Crippen molar-refractivity contribution in [2.24, 2.45) is 0 Å². The fourth-order valence-electron chi connectivity index (χ4n) is 3.19. The molecule has 4 aromatic rings. The van der Waals surface area contributed by atoms with Gasteiger partial charge < -0.3 is 5.32 Å². The first kappa shape index (κ1) is 19.3. The first-order valence-corrected chi connectivity index (χ1v) is 11.0. The maximum absolute atomic E-state index is 13.1. The van der Waals surface area contributed by atoms with Crippen LogP contribution in [0.4, 0.5) is 0 Å². The van der Waals surface area contributed by atoms with Crippen molar-refractivity contribution in [2.75, 3.05) is 0 Å². The number of hydrogen-bond acceptors (Lipinski definition) is 4. The lowest BCUT2D eigenvalue weighted by Gasteiger charge is -2.17. The van der Waals surface area contributed by atoms with E-state index in [-0.39, 0.29) is 17.6 Å². The quantitative estimate of drug-likeness (QED) is 0.404. The Balaban J connectivity index is 1.48. The third-order valence-corrected chi connectivity index (χ3v) is 6.55. The Morgan fingerprint density at radius 2 is 1.41 bits per heavy atom. The Kier molecular flexibility index (Phi) is 5.98. The van der Waals surface area contributed by atoms with Crippen LogP contribution >= 0.6 is 22.7 Å². The molecule has 0 atom stereocenters. The first-order valence-electron chi connectivity index (χ1n) is 9.27. The molecular formula is C24H19NO2S2.